The van der Waals surface area contributed by atoms with Gasteiger partial charge in [0.15, 0.2) is 6.61 Å². The lowest BCUT2D eigenvalue weighted by atomic mass is 10.1. The Morgan fingerprint density at radius 2 is 1.84 bits per heavy atom. The van der Waals surface area contributed by atoms with Crippen molar-refractivity contribution in [2.45, 2.75) is 20.8 Å². The van der Waals surface area contributed by atoms with E-state index in [2.05, 4.69) is 4.98 Å². The average molecular weight is 334 g/mol. The van der Waals surface area contributed by atoms with E-state index in [9.17, 15) is 4.79 Å². The van der Waals surface area contributed by atoms with Gasteiger partial charge in [-0.3, -0.25) is 9.78 Å². The van der Waals surface area contributed by atoms with Crippen molar-refractivity contribution in [3.8, 4) is 5.75 Å². The molecule has 0 bridgehead atoms. The molecule has 1 aromatic heterocycles. The number of ether oxygens (including phenoxy) is 1. The molecule has 0 unspecified atom stereocenters. The third-order valence-corrected chi connectivity index (χ3v) is 4.17. The summed E-state index contributed by atoms with van der Waals surface area (Å²) in [5, 5.41) is 0.932. The van der Waals surface area contributed by atoms with Crippen LogP contribution in [0.25, 0.3) is 10.9 Å². The minimum absolute atomic E-state index is 0.00473. The fourth-order valence-corrected chi connectivity index (χ4v) is 2.93. The van der Waals surface area contributed by atoms with Crippen LogP contribution >= 0.6 is 0 Å². The van der Waals surface area contributed by atoms with Gasteiger partial charge in [-0.05, 0) is 44.5 Å². The van der Waals surface area contributed by atoms with Crippen LogP contribution in [0.4, 0.5) is 5.69 Å². The fourth-order valence-electron chi connectivity index (χ4n) is 2.93. The lowest BCUT2D eigenvalue weighted by Gasteiger charge is -2.21. The maximum absolute atomic E-state index is 12.6. The predicted molar refractivity (Wildman–Crippen MR) is 101 cm³/mol. The van der Waals surface area contributed by atoms with E-state index in [1.54, 1.807) is 4.90 Å². The number of aryl methyl sites for hydroxylation is 2. The highest BCUT2D eigenvalue weighted by Gasteiger charge is 2.15. The second kappa shape index (κ2) is 7.34. The van der Waals surface area contributed by atoms with Crippen molar-refractivity contribution >= 4 is 22.5 Å². The standard InChI is InChI=1S/C21H22N2O2/c1-4-23(17-10-6-5-7-11-17)20(24)14-25-19-13-16(3)22-21-15(2)9-8-12-18(19)21/h5-13H,4,14H2,1-3H3. The van der Waals surface area contributed by atoms with Crippen LogP contribution in [-0.2, 0) is 4.79 Å². The number of amides is 1. The van der Waals surface area contributed by atoms with Crippen molar-refractivity contribution in [1.82, 2.24) is 4.98 Å². The number of hydrogen-bond donors (Lipinski definition) is 0. The number of hydrogen-bond acceptors (Lipinski definition) is 3. The Hall–Kier alpha value is -2.88. The highest BCUT2D eigenvalue weighted by atomic mass is 16.5. The van der Waals surface area contributed by atoms with Gasteiger partial charge in [-0.2, -0.15) is 0 Å². The number of carbonyl (C=O) groups excluding carboxylic acids is 1. The summed E-state index contributed by atoms with van der Waals surface area (Å²) in [7, 11) is 0. The zero-order valence-corrected chi connectivity index (χ0v) is 14.8. The average Bonchev–Trinajstić information content (AvgIpc) is 2.62. The summed E-state index contributed by atoms with van der Waals surface area (Å²) in [5.74, 6) is 0.632. The quantitative estimate of drug-likeness (QED) is 0.699. The van der Waals surface area contributed by atoms with Crippen LogP contribution in [0, 0.1) is 13.8 Å². The molecule has 0 saturated carbocycles. The topological polar surface area (TPSA) is 42.4 Å². The van der Waals surface area contributed by atoms with Gasteiger partial charge in [-0.15, -0.1) is 0 Å². The molecule has 0 spiro atoms. The zero-order valence-electron chi connectivity index (χ0n) is 14.8. The lowest BCUT2D eigenvalue weighted by molar-refractivity contribution is -0.120. The van der Waals surface area contributed by atoms with Crippen LogP contribution in [0.15, 0.2) is 54.6 Å². The van der Waals surface area contributed by atoms with Gasteiger partial charge in [-0.25, -0.2) is 0 Å². The Labute approximate surface area is 148 Å². The number of rotatable bonds is 5. The number of anilines is 1. The van der Waals surface area contributed by atoms with E-state index in [4.69, 9.17) is 4.74 Å². The van der Waals surface area contributed by atoms with Crippen molar-refractivity contribution in [1.29, 1.82) is 0 Å². The molecule has 3 aromatic rings. The van der Waals surface area contributed by atoms with E-state index in [0.29, 0.717) is 12.3 Å². The molecular weight excluding hydrogens is 312 g/mol. The molecule has 2 aromatic carbocycles. The van der Waals surface area contributed by atoms with Gasteiger partial charge in [0, 0.05) is 29.4 Å². The second-order valence-electron chi connectivity index (χ2n) is 6.00. The predicted octanol–water partition coefficient (Wildman–Crippen LogP) is 4.28. The molecule has 4 nitrogen and oxygen atoms in total. The summed E-state index contributed by atoms with van der Waals surface area (Å²) in [6, 6.07) is 17.5. The molecular formula is C21H22N2O2. The van der Waals surface area contributed by atoms with Crippen molar-refractivity contribution in [2.24, 2.45) is 0 Å². The molecule has 0 radical (unpaired) electrons. The van der Waals surface area contributed by atoms with Gasteiger partial charge >= 0.3 is 0 Å². The summed E-state index contributed by atoms with van der Waals surface area (Å²) in [4.78, 5) is 18.9. The molecule has 25 heavy (non-hydrogen) atoms. The number of pyridine rings is 1. The largest absolute Gasteiger partial charge is 0.483 e. The van der Waals surface area contributed by atoms with Crippen molar-refractivity contribution in [3.05, 3.63) is 65.9 Å². The molecule has 3 rings (SSSR count). The normalized spacial score (nSPS) is 10.7. The van der Waals surface area contributed by atoms with Crippen LogP contribution in [0.1, 0.15) is 18.2 Å². The Morgan fingerprint density at radius 3 is 2.56 bits per heavy atom. The van der Waals surface area contributed by atoms with E-state index in [-0.39, 0.29) is 12.5 Å². The number of aromatic nitrogens is 1. The van der Waals surface area contributed by atoms with Crippen molar-refractivity contribution in [3.63, 3.8) is 0 Å². The van der Waals surface area contributed by atoms with E-state index in [0.717, 1.165) is 27.8 Å². The van der Waals surface area contributed by atoms with Gasteiger partial charge in [0.25, 0.3) is 5.91 Å². The minimum Gasteiger partial charge on any atom is -0.483 e. The Balaban J connectivity index is 1.83. The number of para-hydroxylation sites is 2. The summed E-state index contributed by atoms with van der Waals surface area (Å²) < 4.78 is 5.89. The van der Waals surface area contributed by atoms with Crippen LogP contribution in [0.2, 0.25) is 0 Å². The summed E-state index contributed by atoms with van der Waals surface area (Å²) in [6.45, 7) is 6.51. The molecule has 1 amide bonds. The van der Waals surface area contributed by atoms with E-state index in [1.165, 1.54) is 0 Å². The molecule has 1 heterocycles. The van der Waals surface area contributed by atoms with Gasteiger partial charge in [0.05, 0.1) is 5.52 Å². The number of benzene rings is 2. The first kappa shape index (κ1) is 17.0. The Bertz CT molecular complexity index is 891. The maximum Gasteiger partial charge on any atom is 0.264 e. The van der Waals surface area contributed by atoms with Gasteiger partial charge in [-0.1, -0.05) is 30.3 Å². The number of fused-ring (bicyclic) bond motifs is 1. The molecule has 0 aliphatic heterocycles. The van der Waals surface area contributed by atoms with E-state index in [1.807, 2.05) is 75.4 Å². The number of likely N-dealkylation sites (N-methyl/N-ethyl adjacent to an activating group) is 1. The van der Waals surface area contributed by atoms with Gasteiger partial charge in [0.2, 0.25) is 0 Å². The molecule has 0 N–H and O–H groups in total. The first-order chi connectivity index (χ1) is 12.1. The van der Waals surface area contributed by atoms with E-state index < -0.39 is 0 Å². The fraction of sp³-hybridized carbons (Fsp3) is 0.238. The first-order valence-electron chi connectivity index (χ1n) is 8.45. The zero-order chi connectivity index (χ0) is 17.8. The van der Waals surface area contributed by atoms with Crippen LogP contribution in [0.5, 0.6) is 5.75 Å². The van der Waals surface area contributed by atoms with Crippen LogP contribution in [0.3, 0.4) is 0 Å². The van der Waals surface area contributed by atoms with E-state index >= 15 is 0 Å². The summed E-state index contributed by atoms with van der Waals surface area (Å²) in [5.41, 5.74) is 3.77. The Morgan fingerprint density at radius 1 is 1.08 bits per heavy atom. The summed E-state index contributed by atoms with van der Waals surface area (Å²) in [6.07, 6.45) is 0. The maximum atomic E-state index is 12.6. The molecule has 0 fully saturated rings. The summed E-state index contributed by atoms with van der Waals surface area (Å²) >= 11 is 0. The molecule has 0 saturated heterocycles. The highest BCUT2D eigenvalue weighted by molar-refractivity contribution is 5.95. The monoisotopic (exact) mass is 334 g/mol. The molecule has 0 atom stereocenters. The Kier molecular flexibility index (Phi) is 4.98. The third kappa shape index (κ3) is 3.63. The molecule has 4 heteroatoms. The molecule has 128 valence electrons. The smallest absolute Gasteiger partial charge is 0.264 e. The van der Waals surface area contributed by atoms with Crippen LogP contribution < -0.4 is 9.64 Å². The van der Waals surface area contributed by atoms with Crippen molar-refractivity contribution < 1.29 is 9.53 Å². The van der Waals surface area contributed by atoms with Crippen LogP contribution in [-0.4, -0.2) is 24.0 Å². The minimum atomic E-state index is -0.0658. The first-order valence-corrected chi connectivity index (χ1v) is 8.45. The molecule has 0 aliphatic carbocycles. The lowest BCUT2D eigenvalue weighted by Crippen LogP contribution is -2.34. The SMILES string of the molecule is CCN(C(=O)COc1cc(C)nc2c(C)cccc12)c1ccccc1. The molecule has 0 aliphatic rings. The number of carbonyl (C=O) groups is 1. The van der Waals surface area contributed by atoms with Gasteiger partial charge in [0.1, 0.15) is 5.75 Å². The number of nitrogens with zero attached hydrogens (tertiary/aromatic N) is 2. The van der Waals surface area contributed by atoms with Crippen molar-refractivity contribution in [2.75, 3.05) is 18.1 Å². The third-order valence-electron chi connectivity index (χ3n) is 4.17. The highest BCUT2D eigenvalue weighted by Crippen LogP contribution is 2.27. The second-order valence-corrected chi connectivity index (χ2v) is 6.00. The van der Waals surface area contributed by atoms with Gasteiger partial charge < -0.3 is 9.64 Å².